The summed E-state index contributed by atoms with van der Waals surface area (Å²) in [6.45, 7) is 0.342. The highest BCUT2D eigenvalue weighted by molar-refractivity contribution is 7.85. The third-order valence-corrected chi connectivity index (χ3v) is 7.19. The summed E-state index contributed by atoms with van der Waals surface area (Å²) in [6, 6.07) is 28.8. The van der Waals surface area contributed by atoms with Crippen molar-refractivity contribution in [1.82, 2.24) is 0 Å². The lowest BCUT2D eigenvalue weighted by Crippen LogP contribution is -2.61. The van der Waals surface area contributed by atoms with Crippen LogP contribution in [0.2, 0.25) is 0 Å². The molecule has 9 nitrogen and oxygen atoms in total. The van der Waals surface area contributed by atoms with Gasteiger partial charge in [-0.2, -0.15) is 8.42 Å². The monoisotopic (exact) mass is 584 g/mol. The van der Waals surface area contributed by atoms with Gasteiger partial charge in [-0.3, -0.25) is 8.98 Å². The van der Waals surface area contributed by atoms with Crippen LogP contribution in [-0.4, -0.2) is 64.9 Å². The van der Waals surface area contributed by atoms with Crippen molar-refractivity contribution in [3.63, 3.8) is 0 Å². The molecule has 10 heteroatoms. The van der Waals surface area contributed by atoms with Crippen LogP contribution in [0.4, 0.5) is 0 Å². The van der Waals surface area contributed by atoms with Crippen LogP contribution < -0.4 is 0 Å². The molecule has 0 amide bonds. The van der Waals surface area contributed by atoms with Gasteiger partial charge in [-0.1, -0.05) is 91.0 Å². The Bertz CT molecular complexity index is 1300. The normalized spacial score (nSPS) is 22.7. The number of hydrogen-bond donors (Lipinski definition) is 0. The van der Waals surface area contributed by atoms with Crippen LogP contribution in [0, 0.1) is 0 Å². The van der Waals surface area contributed by atoms with Gasteiger partial charge < -0.3 is 23.7 Å². The van der Waals surface area contributed by atoms with Gasteiger partial charge in [0.2, 0.25) is 0 Å². The Morgan fingerprint density at radius 2 is 1.10 bits per heavy atom. The first-order valence-electron chi connectivity index (χ1n) is 13.4. The third-order valence-electron chi connectivity index (χ3n) is 6.63. The number of esters is 1. The van der Waals surface area contributed by atoms with Crippen molar-refractivity contribution in [2.24, 2.45) is 0 Å². The molecule has 0 unspecified atom stereocenters. The van der Waals surface area contributed by atoms with Gasteiger partial charge in [0, 0.05) is 0 Å². The van der Waals surface area contributed by atoms with E-state index in [-0.39, 0.29) is 32.8 Å². The van der Waals surface area contributed by atoms with Gasteiger partial charge in [-0.05, 0) is 16.7 Å². The van der Waals surface area contributed by atoms with Gasteiger partial charge in [0.15, 0.2) is 0 Å². The molecule has 0 spiro atoms. The zero-order chi connectivity index (χ0) is 29.1. The standard InChI is InChI=1S/C31H36O9S/c1-35-28(32)18-26-29(36-19-23-12-6-3-7-13-23)31(38-21-25-16-10-5-11-17-25)30(27(40-26)22-39-41(2,33)34)37-20-24-14-8-4-9-15-24/h3-17,26-27,29-31H,18-22H2,1-2H3/t26-,27+,29-,30+,31+/m0/s1. The first kappa shape index (κ1) is 30.8. The fourth-order valence-electron chi connectivity index (χ4n) is 4.62. The molecule has 1 fully saturated rings. The van der Waals surface area contributed by atoms with Crippen molar-refractivity contribution in [2.45, 2.75) is 56.8 Å². The van der Waals surface area contributed by atoms with Gasteiger partial charge in [-0.15, -0.1) is 0 Å². The van der Waals surface area contributed by atoms with Crippen molar-refractivity contribution in [2.75, 3.05) is 20.0 Å². The van der Waals surface area contributed by atoms with Crippen molar-refractivity contribution >= 4 is 16.1 Å². The zero-order valence-corrected chi connectivity index (χ0v) is 24.0. The van der Waals surface area contributed by atoms with E-state index in [1.807, 2.05) is 91.0 Å². The Morgan fingerprint density at radius 3 is 1.51 bits per heavy atom. The molecule has 0 bridgehead atoms. The van der Waals surface area contributed by atoms with E-state index in [0.29, 0.717) is 0 Å². The summed E-state index contributed by atoms with van der Waals surface area (Å²) < 4.78 is 59.6. The number of carbonyl (C=O) groups excluding carboxylic acids is 1. The minimum absolute atomic E-state index is 0.137. The molecule has 5 atom stereocenters. The Morgan fingerprint density at radius 1 is 0.683 bits per heavy atom. The van der Waals surface area contributed by atoms with E-state index in [1.54, 1.807) is 0 Å². The molecule has 1 aliphatic heterocycles. The predicted octanol–water partition coefficient (Wildman–Crippen LogP) is 4.05. The van der Waals surface area contributed by atoms with E-state index in [2.05, 4.69) is 0 Å². The molecule has 1 heterocycles. The molecule has 0 aromatic heterocycles. The molecule has 3 aromatic carbocycles. The lowest BCUT2D eigenvalue weighted by molar-refractivity contribution is -0.269. The lowest BCUT2D eigenvalue weighted by atomic mass is 9.92. The number of ether oxygens (including phenoxy) is 5. The molecule has 4 rings (SSSR count). The number of methoxy groups -OCH3 is 1. The quantitative estimate of drug-likeness (QED) is 0.205. The fourth-order valence-corrected chi connectivity index (χ4v) is 5.00. The minimum Gasteiger partial charge on any atom is -0.469 e. The van der Waals surface area contributed by atoms with Crippen LogP contribution in [0.1, 0.15) is 23.1 Å². The summed E-state index contributed by atoms with van der Waals surface area (Å²) in [5, 5.41) is 0. The van der Waals surface area contributed by atoms with Crippen LogP contribution in [-0.2, 0) is 62.6 Å². The second-order valence-corrected chi connectivity index (χ2v) is 11.4. The molecule has 220 valence electrons. The molecule has 41 heavy (non-hydrogen) atoms. The number of hydrogen-bond acceptors (Lipinski definition) is 9. The summed E-state index contributed by atoms with van der Waals surface area (Å²) in [5.41, 5.74) is 2.77. The second kappa shape index (κ2) is 15.2. The van der Waals surface area contributed by atoms with Gasteiger partial charge in [-0.25, -0.2) is 0 Å². The van der Waals surface area contributed by atoms with E-state index in [1.165, 1.54) is 7.11 Å². The molecule has 0 N–H and O–H groups in total. The molecular formula is C31H36O9S. The fraction of sp³-hybridized carbons (Fsp3) is 0.387. The van der Waals surface area contributed by atoms with E-state index < -0.39 is 46.6 Å². The van der Waals surface area contributed by atoms with Crippen molar-refractivity contribution in [3.05, 3.63) is 108 Å². The maximum Gasteiger partial charge on any atom is 0.308 e. The summed E-state index contributed by atoms with van der Waals surface area (Å²) in [7, 11) is -2.49. The summed E-state index contributed by atoms with van der Waals surface area (Å²) in [6.07, 6.45) is -3.18. The summed E-state index contributed by atoms with van der Waals surface area (Å²) >= 11 is 0. The van der Waals surface area contributed by atoms with Gasteiger partial charge in [0.05, 0.1) is 52.3 Å². The molecule has 0 radical (unpaired) electrons. The maximum atomic E-state index is 12.4. The number of benzene rings is 3. The maximum absolute atomic E-state index is 12.4. The Hall–Kier alpha value is -3.12. The van der Waals surface area contributed by atoms with Crippen LogP contribution in [0.5, 0.6) is 0 Å². The average molecular weight is 585 g/mol. The predicted molar refractivity (Wildman–Crippen MR) is 151 cm³/mol. The Kier molecular flexibility index (Phi) is 11.4. The average Bonchev–Trinajstić information content (AvgIpc) is 2.98. The Labute approximate surface area is 241 Å². The van der Waals surface area contributed by atoms with Crippen LogP contribution in [0.25, 0.3) is 0 Å². The van der Waals surface area contributed by atoms with E-state index >= 15 is 0 Å². The molecule has 3 aromatic rings. The zero-order valence-electron chi connectivity index (χ0n) is 23.2. The topological polar surface area (TPSA) is 107 Å². The summed E-state index contributed by atoms with van der Waals surface area (Å²) in [4.78, 5) is 12.4. The third kappa shape index (κ3) is 9.74. The van der Waals surface area contributed by atoms with Crippen molar-refractivity contribution < 1.29 is 41.1 Å². The van der Waals surface area contributed by atoms with Gasteiger partial charge >= 0.3 is 5.97 Å². The van der Waals surface area contributed by atoms with Gasteiger partial charge in [0.25, 0.3) is 10.1 Å². The molecule has 0 aliphatic carbocycles. The molecular weight excluding hydrogens is 548 g/mol. The highest BCUT2D eigenvalue weighted by Gasteiger charge is 2.49. The first-order valence-corrected chi connectivity index (χ1v) is 15.2. The minimum atomic E-state index is -3.79. The highest BCUT2D eigenvalue weighted by atomic mass is 32.2. The molecule has 0 saturated carbocycles. The second-order valence-electron chi connectivity index (χ2n) is 9.77. The van der Waals surface area contributed by atoms with Crippen molar-refractivity contribution in [3.8, 4) is 0 Å². The first-order chi connectivity index (χ1) is 19.8. The molecule has 1 aliphatic rings. The highest BCUT2D eigenvalue weighted by Crippen LogP contribution is 2.32. The molecule has 1 saturated heterocycles. The number of carbonyl (C=O) groups is 1. The van der Waals surface area contributed by atoms with Crippen molar-refractivity contribution in [1.29, 1.82) is 0 Å². The SMILES string of the molecule is COC(=O)C[C@@H]1O[C@H](COS(C)(=O)=O)[C@@H](OCc2ccccc2)[C@H](OCc2ccccc2)[C@H]1OCc1ccccc1. The smallest absolute Gasteiger partial charge is 0.308 e. The largest absolute Gasteiger partial charge is 0.469 e. The van der Waals surface area contributed by atoms with Crippen LogP contribution in [0.3, 0.4) is 0 Å². The van der Waals surface area contributed by atoms with E-state index in [0.717, 1.165) is 22.9 Å². The van der Waals surface area contributed by atoms with Gasteiger partial charge in [0.1, 0.15) is 24.4 Å². The Balaban J connectivity index is 1.67. The number of rotatable bonds is 14. The lowest BCUT2D eigenvalue weighted by Gasteiger charge is -2.46. The van der Waals surface area contributed by atoms with Crippen LogP contribution in [0.15, 0.2) is 91.0 Å². The van der Waals surface area contributed by atoms with E-state index in [9.17, 15) is 13.2 Å². The van der Waals surface area contributed by atoms with Crippen LogP contribution >= 0.6 is 0 Å². The van der Waals surface area contributed by atoms with E-state index in [4.69, 9.17) is 27.9 Å². The summed E-state index contributed by atoms with van der Waals surface area (Å²) in [5.74, 6) is -0.503.